The van der Waals surface area contributed by atoms with Crippen LogP contribution in [0.2, 0.25) is 5.02 Å². The first-order valence-corrected chi connectivity index (χ1v) is 9.16. The molecule has 1 heterocycles. The van der Waals surface area contributed by atoms with Crippen molar-refractivity contribution in [2.75, 3.05) is 0 Å². The van der Waals surface area contributed by atoms with Crippen molar-refractivity contribution in [3.05, 3.63) is 99.4 Å². The second-order valence-electron chi connectivity index (χ2n) is 6.37. The van der Waals surface area contributed by atoms with Crippen molar-refractivity contribution in [3.63, 3.8) is 0 Å². The van der Waals surface area contributed by atoms with Gasteiger partial charge in [-0.3, -0.25) is 4.79 Å². The molecular weight excluding hydrogens is 392 g/mol. The fourth-order valence-electron chi connectivity index (χ4n) is 2.82. The summed E-state index contributed by atoms with van der Waals surface area (Å²) in [4.78, 5) is 25.0. The second-order valence-corrected chi connectivity index (χ2v) is 6.78. The lowest BCUT2D eigenvalue weighted by Crippen LogP contribution is -2.09. The predicted molar refractivity (Wildman–Crippen MR) is 110 cm³/mol. The molecule has 0 saturated heterocycles. The van der Waals surface area contributed by atoms with Crippen LogP contribution in [0.3, 0.4) is 0 Å². The van der Waals surface area contributed by atoms with E-state index in [1.807, 2.05) is 25.1 Å². The Hall–Kier alpha value is -3.57. The van der Waals surface area contributed by atoms with Gasteiger partial charge in [-0.15, -0.1) is 0 Å². The van der Waals surface area contributed by atoms with Crippen LogP contribution in [-0.2, 0) is 0 Å². The Balaban J connectivity index is 1.61. The number of rotatable bonds is 4. The number of carbonyl (C=O) groups excluding carboxylic acids is 1. The zero-order valence-corrected chi connectivity index (χ0v) is 16.1. The summed E-state index contributed by atoms with van der Waals surface area (Å²) in [6, 6.07) is 18.5. The lowest BCUT2D eigenvalue weighted by molar-refractivity contribution is 0.0735. The molecule has 0 unspecified atom stereocenters. The zero-order chi connectivity index (χ0) is 20.4. The number of carbonyl (C=O) groups is 1. The maximum atomic E-state index is 12.7. The van der Waals surface area contributed by atoms with Gasteiger partial charge in [-0.05, 0) is 48.9 Å². The van der Waals surface area contributed by atoms with Crippen molar-refractivity contribution in [1.82, 2.24) is 0 Å². The first-order chi connectivity index (χ1) is 14.0. The molecule has 1 aromatic heterocycles. The Bertz CT molecular complexity index is 1280. The number of halogens is 1. The Labute approximate surface area is 171 Å². The third-order valence-corrected chi connectivity index (χ3v) is 4.57. The number of esters is 1. The van der Waals surface area contributed by atoms with Crippen molar-refractivity contribution < 1.29 is 18.7 Å². The summed E-state index contributed by atoms with van der Waals surface area (Å²) in [6.45, 7) is 1.93. The van der Waals surface area contributed by atoms with E-state index in [0.29, 0.717) is 16.2 Å². The molecule has 0 amide bonds. The van der Waals surface area contributed by atoms with Crippen molar-refractivity contribution >= 4 is 28.5 Å². The molecule has 3 aromatic carbocycles. The van der Waals surface area contributed by atoms with Gasteiger partial charge >= 0.3 is 5.97 Å². The smallest absolute Gasteiger partial charge is 0.345 e. The van der Waals surface area contributed by atoms with Crippen molar-refractivity contribution in [2.45, 2.75) is 6.92 Å². The monoisotopic (exact) mass is 406 g/mol. The molecule has 29 heavy (non-hydrogen) atoms. The van der Waals surface area contributed by atoms with E-state index in [1.165, 1.54) is 24.5 Å². The van der Waals surface area contributed by atoms with Crippen LogP contribution in [0, 0.1) is 6.92 Å². The minimum Gasteiger partial charge on any atom is -0.460 e. The molecule has 144 valence electrons. The molecule has 0 saturated carbocycles. The summed E-state index contributed by atoms with van der Waals surface area (Å²) in [7, 11) is 0. The highest BCUT2D eigenvalue weighted by Gasteiger charge is 2.14. The van der Waals surface area contributed by atoms with Crippen LogP contribution in [-0.4, -0.2) is 5.97 Å². The maximum Gasteiger partial charge on any atom is 0.345 e. The molecule has 0 fully saturated rings. The summed E-state index contributed by atoms with van der Waals surface area (Å²) in [5.74, 6) is 0.250. The molecule has 0 aliphatic rings. The van der Waals surface area contributed by atoms with E-state index in [9.17, 15) is 9.59 Å². The minimum atomic E-state index is -0.600. The van der Waals surface area contributed by atoms with E-state index in [0.717, 1.165) is 5.56 Å². The summed E-state index contributed by atoms with van der Waals surface area (Å²) in [6.07, 6.45) is 1.24. The Kier molecular flexibility index (Phi) is 5.06. The number of hydrogen-bond acceptors (Lipinski definition) is 5. The highest BCUT2D eigenvalue weighted by atomic mass is 35.5. The summed E-state index contributed by atoms with van der Waals surface area (Å²) < 4.78 is 16.5. The van der Waals surface area contributed by atoms with Crippen molar-refractivity contribution in [2.24, 2.45) is 0 Å². The molecule has 0 radical (unpaired) electrons. The van der Waals surface area contributed by atoms with Crippen LogP contribution in [0.1, 0.15) is 15.9 Å². The van der Waals surface area contributed by atoms with Gasteiger partial charge in [0.05, 0.1) is 16.0 Å². The molecule has 0 N–H and O–H groups in total. The number of hydrogen-bond donors (Lipinski definition) is 0. The average molecular weight is 407 g/mol. The Morgan fingerprint density at radius 2 is 1.79 bits per heavy atom. The molecule has 4 rings (SSSR count). The van der Waals surface area contributed by atoms with Crippen LogP contribution in [0.15, 0.2) is 82.2 Å². The largest absolute Gasteiger partial charge is 0.460 e. The topological polar surface area (TPSA) is 65.7 Å². The lowest BCUT2D eigenvalue weighted by atomic mass is 10.2. The summed E-state index contributed by atoms with van der Waals surface area (Å²) in [5.41, 5.74) is 1.21. The number of benzene rings is 3. The standard InChI is InChI=1S/C23H15ClO5/c1-14-5-4-6-15(11-14)28-21-13-27-20-12-16(9-10-18(20)22(21)25)29-23(26)17-7-2-3-8-19(17)24/h2-13H,1H3. The molecular formula is C23H15ClO5. The number of aryl methyl sites for hydroxylation is 1. The average Bonchev–Trinajstić information content (AvgIpc) is 2.70. The predicted octanol–water partition coefficient (Wildman–Crippen LogP) is 5.77. The van der Waals surface area contributed by atoms with E-state index < -0.39 is 5.97 Å². The van der Waals surface area contributed by atoms with Gasteiger partial charge in [-0.2, -0.15) is 0 Å². The fourth-order valence-corrected chi connectivity index (χ4v) is 3.03. The van der Waals surface area contributed by atoms with Gasteiger partial charge in [0.25, 0.3) is 0 Å². The van der Waals surface area contributed by atoms with Crippen LogP contribution < -0.4 is 14.9 Å². The quantitative estimate of drug-likeness (QED) is 0.318. The molecule has 0 aliphatic carbocycles. The first-order valence-electron chi connectivity index (χ1n) is 8.78. The van der Waals surface area contributed by atoms with Gasteiger partial charge < -0.3 is 13.9 Å². The van der Waals surface area contributed by atoms with E-state index in [-0.39, 0.29) is 28.1 Å². The highest BCUT2D eigenvalue weighted by molar-refractivity contribution is 6.33. The van der Waals surface area contributed by atoms with E-state index >= 15 is 0 Å². The van der Waals surface area contributed by atoms with Crippen LogP contribution in [0.5, 0.6) is 17.2 Å². The summed E-state index contributed by atoms with van der Waals surface area (Å²) >= 11 is 6.02. The van der Waals surface area contributed by atoms with Gasteiger partial charge in [-0.1, -0.05) is 35.9 Å². The third kappa shape index (κ3) is 4.00. The van der Waals surface area contributed by atoms with Gasteiger partial charge in [0, 0.05) is 6.07 Å². The van der Waals surface area contributed by atoms with Gasteiger partial charge in [0.15, 0.2) is 0 Å². The molecule has 0 atom stereocenters. The molecule has 4 aromatic rings. The van der Waals surface area contributed by atoms with Crippen LogP contribution in [0.4, 0.5) is 0 Å². The summed E-state index contributed by atoms with van der Waals surface area (Å²) in [5, 5.41) is 0.607. The fraction of sp³-hybridized carbons (Fsp3) is 0.0435. The second kappa shape index (κ2) is 7.81. The van der Waals surface area contributed by atoms with E-state index in [2.05, 4.69) is 0 Å². The molecule has 0 spiro atoms. The van der Waals surface area contributed by atoms with Crippen LogP contribution in [0.25, 0.3) is 11.0 Å². The van der Waals surface area contributed by atoms with Crippen molar-refractivity contribution in [3.8, 4) is 17.2 Å². The van der Waals surface area contributed by atoms with Gasteiger partial charge in [0.2, 0.25) is 11.2 Å². The zero-order valence-electron chi connectivity index (χ0n) is 15.3. The molecule has 6 heteroatoms. The molecule has 0 aliphatic heterocycles. The van der Waals surface area contributed by atoms with E-state index in [4.69, 9.17) is 25.5 Å². The van der Waals surface area contributed by atoms with E-state index in [1.54, 1.807) is 30.3 Å². The van der Waals surface area contributed by atoms with Crippen LogP contribution >= 0.6 is 11.6 Å². The maximum absolute atomic E-state index is 12.7. The molecule has 0 bridgehead atoms. The Morgan fingerprint density at radius 3 is 2.59 bits per heavy atom. The number of fused-ring (bicyclic) bond motifs is 1. The molecule has 5 nitrogen and oxygen atoms in total. The normalized spacial score (nSPS) is 10.7. The lowest BCUT2D eigenvalue weighted by Gasteiger charge is -2.08. The first kappa shape index (κ1) is 18.8. The van der Waals surface area contributed by atoms with Gasteiger partial charge in [-0.25, -0.2) is 4.79 Å². The Morgan fingerprint density at radius 1 is 0.966 bits per heavy atom. The highest BCUT2D eigenvalue weighted by Crippen LogP contribution is 2.25. The van der Waals surface area contributed by atoms with Crippen molar-refractivity contribution in [1.29, 1.82) is 0 Å². The van der Waals surface area contributed by atoms with Gasteiger partial charge in [0.1, 0.15) is 23.3 Å². The third-order valence-electron chi connectivity index (χ3n) is 4.24. The number of ether oxygens (including phenoxy) is 2. The minimum absolute atomic E-state index is 0.0731. The SMILES string of the molecule is Cc1cccc(Oc2coc3cc(OC(=O)c4ccccc4Cl)ccc3c2=O)c1.